The summed E-state index contributed by atoms with van der Waals surface area (Å²) in [4.78, 5) is 37.2. The number of benzene rings is 1. The van der Waals surface area contributed by atoms with Crippen LogP contribution in [0.1, 0.15) is 5.56 Å². The smallest absolute Gasteiger partial charge is 0.437 e. The SMILES string of the molecule is CN(Cc1ccsc1)C(=O)COC(=O)Cn1nc(-c2ccccc2)oc1=O. The summed E-state index contributed by atoms with van der Waals surface area (Å²) in [5.74, 6) is -1.75. The van der Waals surface area contributed by atoms with Crippen LogP contribution >= 0.6 is 11.3 Å². The maximum atomic E-state index is 12.0. The van der Waals surface area contributed by atoms with Crippen LogP contribution < -0.4 is 5.76 Å². The highest BCUT2D eigenvalue weighted by molar-refractivity contribution is 7.07. The summed E-state index contributed by atoms with van der Waals surface area (Å²) in [6.07, 6.45) is 0. The van der Waals surface area contributed by atoms with Crippen molar-refractivity contribution in [2.75, 3.05) is 13.7 Å². The molecule has 0 bridgehead atoms. The van der Waals surface area contributed by atoms with Gasteiger partial charge in [-0.2, -0.15) is 16.0 Å². The monoisotopic (exact) mass is 387 g/mol. The number of esters is 1. The molecule has 0 aliphatic heterocycles. The molecule has 1 aromatic carbocycles. The van der Waals surface area contributed by atoms with Crippen molar-refractivity contribution in [3.8, 4) is 11.5 Å². The molecule has 0 atom stereocenters. The fourth-order valence-electron chi connectivity index (χ4n) is 2.27. The first-order valence-electron chi connectivity index (χ1n) is 8.07. The third-order valence-electron chi connectivity index (χ3n) is 3.69. The standard InChI is InChI=1S/C18H17N3O5S/c1-20(9-13-7-8-27-12-13)15(22)11-25-16(23)10-21-18(24)26-17(19-21)14-5-3-2-4-6-14/h2-8,12H,9-11H2,1H3. The number of thiophene rings is 1. The van der Waals surface area contributed by atoms with Crippen LogP contribution in [0.4, 0.5) is 0 Å². The number of likely N-dealkylation sites (N-methyl/N-ethyl adjacent to an activating group) is 1. The van der Waals surface area contributed by atoms with Crippen LogP contribution in [0, 0.1) is 0 Å². The number of amides is 1. The van der Waals surface area contributed by atoms with Crippen molar-refractivity contribution >= 4 is 23.2 Å². The average Bonchev–Trinajstić information content (AvgIpc) is 3.30. The molecule has 3 aromatic rings. The second-order valence-corrected chi connectivity index (χ2v) is 6.52. The first kappa shape index (κ1) is 18.6. The van der Waals surface area contributed by atoms with Crippen LogP contribution in [-0.2, 0) is 27.4 Å². The predicted molar refractivity (Wildman–Crippen MR) is 98.0 cm³/mol. The summed E-state index contributed by atoms with van der Waals surface area (Å²) in [5.41, 5.74) is 1.62. The van der Waals surface area contributed by atoms with Crippen LogP contribution in [0.25, 0.3) is 11.5 Å². The molecule has 2 heterocycles. The minimum Gasteiger partial charge on any atom is -0.454 e. The van der Waals surface area contributed by atoms with Gasteiger partial charge in [0.2, 0.25) is 5.89 Å². The zero-order valence-electron chi connectivity index (χ0n) is 14.5. The number of ether oxygens (including phenoxy) is 1. The van der Waals surface area contributed by atoms with Crippen molar-refractivity contribution in [1.82, 2.24) is 14.7 Å². The first-order valence-corrected chi connectivity index (χ1v) is 9.01. The van der Waals surface area contributed by atoms with Gasteiger partial charge in [-0.15, -0.1) is 5.10 Å². The molecule has 1 amide bonds. The molecular formula is C18H17N3O5S. The maximum Gasteiger partial charge on any atom is 0.437 e. The lowest BCUT2D eigenvalue weighted by Crippen LogP contribution is -2.32. The van der Waals surface area contributed by atoms with Crippen molar-refractivity contribution in [2.24, 2.45) is 0 Å². The van der Waals surface area contributed by atoms with E-state index in [1.807, 2.05) is 22.9 Å². The van der Waals surface area contributed by atoms with Gasteiger partial charge in [0.1, 0.15) is 6.54 Å². The van der Waals surface area contributed by atoms with Gasteiger partial charge in [0.05, 0.1) is 0 Å². The molecule has 0 saturated heterocycles. The van der Waals surface area contributed by atoms with Crippen LogP contribution in [0.5, 0.6) is 0 Å². The van der Waals surface area contributed by atoms with Gasteiger partial charge in [0.25, 0.3) is 5.91 Å². The van der Waals surface area contributed by atoms with E-state index < -0.39 is 24.9 Å². The highest BCUT2D eigenvalue weighted by Crippen LogP contribution is 2.14. The summed E-state index contributed by atoms with van der Waals surface area (Å²) >= 11 is 1.54. The molecule has 9 heteroatoms. The van der Waals surface area contributed by atoms with E-state index in [4.69, 9.17) is 9.15 Å². The van der Waals surface area contributed by atoms with E-state index in [-0.39, 0.29) is 11.8 Å². The molecule has 0 N–H and O–H groups in total. The lowest BCUT2D eigenvalue weighted by atomic mass is 10.2. The van der Waals surface area contributed by atoms with E-state index in [2.05, 4.69) is 5.10 Å². The molecule has 0 radical (unpaired) electrons. The van der Waals surface area contributed by atoms with Crippen molar-refractivity contribution in [1.29, 1.82) is 0 Å². The van der Waals surface area contributed by atoms with Crippen LogP contribution in [0.2, 0.25) is 0 Å². The molecule has 0 spiro atoms. The van der Waals surface area contributed by atoms with Gasteiger partial charge in [0.15, 0.2) is 6.61 Å². The van der Waals surface area contributed by atoms with Crippen molar-refractivity contribution in [3.63, 3.8) is 0 Å². The lowest BCUT2D eigenvalue weighted by Gasteiger charge is -2.16. The topological polar surface area (TPSA) is 94.6 Å². The second-order valence-electron chi connectivity index (χ2n) is 5.74. The third kappa shape index (κ3) is 4.91. The number of carbonyl (C=O) groups is 2. The van der Waals surface area contributed by atoms with Gasteiger partial charge in [-0.1, -0.05) is 18.2 Å². The zero-order chi connectivity index (χ0) is 19.2. The van der Waals surface area contributed by atoms with Gasteiger partial charge in [-0.05, 0) is 34.5 Å². The number of nitrogens with zero attached hydrogens (tertiary/aromatic N) is 3. The van der Waals surface area contributed by atoms with Crippen molar-refractivity contribution < 1.29 is 18.7 Å². The van der Waals surface area contributed by atoms with E-state index in [9.17, 15) is 14.4 Å². The fraction of sp³-hybridized carbons (Fsp3) is 0.222. The lowest BCUT2D eigenvalue weighted by molar-refractivity contribution is -0.152. The van der Waals surface area contributed by atoms with Gasteiger partial charge in [-0.3, -0.25) is 9.59 Å². The molecule has 3 rings (SSSR count). The van der Waals surface area contributed by atoms with E-state index in [0.717, 1.165) is 10.2 Å². The summed E-state index contributed by atoms with van der Waals surface area (Å²) in [5, 5.41) is 7.84. The second kappa shape index (κ2) is 8.45. The Balaban J connectivity index is 1.53. The van der Waals surface area contributed by atoms with E-state index in [1.54, 1.807) is 42.6 Å². The van der Waals surface area contributed by atoms with Crippen LogP contribution in [0.15, 0.2) is 56.4 Å². The summed E-state index contributed by atoms with van der Waals surface area (Å²) < 4.78 is 10.9. The predicted octanol–water partition coefficient (Wildman–Crippen LogP) is 1.77. The van der Waals surface area contributed by atoms with Gasteiger partial charge < -0.3 is 14.1 Å². The Bertz CT molecular complexity index is 963. The molecule has 140 valence electrons. The number of carbonyl (C=O) groups excluding carboxylic acids is 2. The Morgan fingerprint density at radius 2 is 2.04 bits per heavy atom. The van der Waals surface area contributed by atoms with Crippen LogP contribution in [-0.4, -0.2) is 40.2 Å². The highest BCUT2D eigenvalue weighted by atomic mass is 32.1. The highest BCUT2D eigenvalue weighted by Gasteiger charge is 2.16. The van der Waals surface area contributed by atoms with Gasteiger partial charge in [0, 0.05) is 19.2 Å². The van der Waals surface area contributed by atoms with E-state index in [0.29, 0.717) is 12.1 Å². The maximum absolute atomic E-state index is 12.0. The zero-order valence-corrected chi connectivity index (χ0v) is 15.3. The van der Waals surface area contributed by atoms with E-state index in [1.165, 1.54) is 4.90 Å². The molecule has 0 aliphatic rings. The third-order valence-corrected chi connectivity index (χ3v) is 4.42. The number of hydrogen-bond acceptors (Lipinski definition) is 7. The Hall–Kier alpha value is -3.20. The molecule has 0 unspecified atom stereocenters. The molecule has 27 heavy (non-hydrogen) atoms. The molecular weight excluding hydrogens is 370 g/mol. The summed E-state index contributed by atoms with van der Waals surface area (Å²) in [6.45, 7) is -0.405. The Labute approximate surface area is 158 Å². The average molecular weight is 387 g/mol. The largest absolute Gasteiger partial charge is 0.454 e. The molecule has 0 saturated carbocycles. The molecule has 2 aromatic heterocycles. The molecule has 0 fully saturated rings. The quantitative estimate of drug-likeness (QED) is 0.574. The minimum absolute atomic E-state index is 0.111. The summed E-state index contributed by atoms with van der Waals surface area (Å²) in [7, 11) is 1.63. The summed E-state index contributed by atoms with van der Waals surface area (Å²) in [6, 6.07) is 10.8. The normalized spacial score (nSPS) is 10.6. The van der Waals surface area contributed by atoms with Crippen molar-refractivity contribution in [3.05, 3.63) is 63.3 Å². The van der Waals surface area contributed by atoms with Crippen LogP contribution in [0.3, 0.4) is 0 Å². The first-order chi connectivity index (χ1) is 13.0. The Morgan fingerprint density at radius 1 is 1.26 bits per heavy atom. The van der Waals surface area contributed by atoms with E-state index >= 15 is 0 Å². The number of hydrogen-bond donors (Lipinski definition) is 0. The molecule has 8 nitrogen and oxygen atoms in total. The fourth-order valence-corrected chi connectivity index (χ4v) is 2.93. The number of aromatic nitrogens is 2. The van der Waals surface area contributed by atoms with Crippen molar-refractivity contribution in [2.45, 2.75) is 13.1 Å². The van der Waals surface area contributed by atoms with Gasteiger partial charge >= 0.3 is 11.7 Å². The molecule has 0 aliphatic carbocycles. The Morgan fingerprint density at radius 3 is 2.74 bits per heavy atom. The minimum atomic E-state index is -0.772. The van der Waals surface area contributed by atoms with Gasteiger partial charge in [-0.25, -0.2) is 4.79 Å². The Kier molecular flexibility index (Phi) is 5.82. The number of rotatable bonds is 7.